The molecule has 94 valence electrons. The van der Waals surface area contributed by atoms with E-state index in [1.165, 1.54) is 5.56 Å². The molecule has 1 fully saturated rings. The van der Waals surface area contributed by atoms with E-state index in [1.807, 2.05) is 25.1 Å². The fourth-order valence-electron chi connectivity index (χ4n) is 2.30. The maximum atomic E-state index is 9.83. The highest BCUT2D eigenvalue weighted by molar-refractivity contribution is 9.10. The number of hydrogen-bond acceptors (Lipinski definition) is 2. The van der Waals surface area contributed by atoms with Crippen molar-refractivity contribution in [3.05, 3.63) is 28.2 Å². The lowest BCUT2D eigenvalue weighted by Crippen LogP contribution is -2.57. The molecule has 3 atom stereocenters. The largest absolute Gasteiger partial charge is 0.490 e. The topological polar surface area (TPSA) is 29.5 Å². The van der Waals surface area contributed by atoms with Crippen molar-refractivity contribution in [3.8, 4) is 5.75 Å². The molecule has 1 aromatic rings. The van der Waals surface area contributed by atoms with E-state index in [4.69, 9.17) is 4.74 Å². The summed E-state index contributed by atoms with van der Waals surface area (Å²) in [5.41, 5.74) is 1.07. The standard InChI is InChI=1S/C14H19BrO2/c1-4-14(3)12(16)8-13(14)17-10-5-6-11(15)9(2)7-10/h5-7,12-13,16H,4,8H2,1-3H3. The Hall–Kier alpha value is -0.540. The molecule has 1 saturated carbocycles. The first-order valence-electron chi connectivity index (χ1n) is 6.08. The lowest BCUT2D eigenvalue weighted by Gasteiger charge is -2.50. The minimum absolute atomic E-state index is 0.0963. The van der Waals surface area contributed by atoms with E-state index >= 15 is 0 Å². The third-order valence-corrected chi connectivity index (χ3v) is 4.99. The Bertz CT molecular complexity index is 419. The van der Waals surface area contributed by atoms with Crippen molar-refractivity contribution in [2.75, 3.05) is 0 Å². The number of ether oxygens (including phenoxy) is 1. The summed E-state index contributed by atoms with van der Waals surface area (Å²) in [7, 11) is 0. The Labute approximate surface area is 111 Å². The molecule has 0 bridgehead atoms. The Morgan fingerprint density at radius 1 is 1.53 bits per heavy atom. The minimum Gasteiger partial charge on any atom is -0.490 e. The molecule has 0 heterocycles. The van der Waals surface area contributed by atoms with Crippen molar-refractivity contribution in [3.63, 3.8) is 0 Å². The fourth-order valence-corrected chi connectivity index (χ4v) is 2.54. The van der Waals surface area contributed by atoms with Crippen LogP contribution in [0, 0.1) is 12.3 Å². The van der Waals surface area contributed by atoms with Crippen LogP contribution in [0.4, 0.5) is 0 Å². The molecule has 1 aliphatic carbocycles. The number of aliphatic hydroxyl groups is 1. The Morgan fingerprint density at radius 2 is 2.24 bits per heavy atom. The number of aliphatic hydroxyl groups excluding tert-OH is 1. The molecule has 0 aromatic heterocycles. The molecule has 0 radical (unpaired) electrons. The summed E-state index contributed by atoms with van der Waals surface area (Å²) in [5.74, 6) is 0.891. The zero-order chi connectivity index (χ0) is 12.6. The highest BCUT2D eigenvalue weighted by Crippen LogP contribution is 2.46. The predicted octanol–water partition coefficient (Wildman–Crippen LogP) is 3.69. The molecular formula is C14H19BrO2. The van der Waals surface area contributed by atoms with Crippen LogP contribution in [-0.4, -0.2) is 17.3 Å². The van der Waals surface area contributed by atoms with Crippen molar-refractivity contribution in [2.45, 2.75) is 45.8 Å². The maximum absolute atomic E-state index is 9.83. The van der Waals surface area contributed by atoms with Crippen molar-refractivity contribution < 1.29 is 9.84 Å². The van der Waals surface area contributed by atoms with Gasteiger partial charge in [-0.05, 0) is 37.1 Å². The summed E-state index contributed by atoms with van der Waals surface area (Å²) in [6.45, 7) is 6.24. The van der Waals surface area contributed by atoms with Crippen LogP contribution >= 0.6 is 15.9 Å². The average Bonchev–Trinajstić information content (AvgIpc) is 2.32. The Morgan fingerprint density at radius 3 is 2.76 bits per heavy atom. The first-order valence-corrected chi connectivity index (χ1v) is 6.87. The number of aryl methyl sites for hydroxylation is 1. The quantitative estimate of drug-likeness (QED) is 0.922. The van der Waals surface area contributed by atoms with E-state index in [9.17, 15) is 5.11 Å². The first-order chi connectivity index (χ1) is 7.97. The number of rotatable bonds is 3. The van der Waals surface area contributed by atoms with Crippen LogP contribution in [0.5, 0.6) is 5.75 Å². The van der Waals surface area contributed by atoms with Crippen LogP contribution in [0.1, 0.15) is 32.3 Å². The second kappa shape index (κ2) is 4.62. The van der Waals surface area contributed by atoms with Gasteiger partial charge in [-0.15, -0.1) is 0 Å². The zero-order valence-corrected chi connectivity index (χ0v) is 12.1. The molecular weight excluding hydrogens is 280 g/mol. The number of benzene rings is 1. The summed E-state index contributed by atoms with van der Waals surface area (Å²) >= 11 is 3.48. The second-order valence-corrected chi connectivity index (χ2v) is 5.98. The third-order valence-electron chi connectivity index (χ3n) is 4.10. The number of hydrogen-bond donors (Lipinski definition) is 1. The molecule has 1 aromatic carbocycles. The third kappa shape index (κ3) is 2.23. The maximum Gasteiger partial charge on any atom is 0.120 e. The zero-order valence-electron chi connectivity index (χ0n) is 10.5. The van der Waals surface area contributed by atoms with E-state index in [1.54, 1.807) is 0 Å². The molecule has 1 N–H and O–H groups in total. The average molecular weight is 299 g/mol. The summed E-state index contributed by atoms with van der Waals surface area (Å²) in [6, 6.07) is 6.01. The van der Waals surface area contributed by atoms with Gasteiger partial charge in [-0.1, -0.05) is 29.8 Å². The first kappa shape index (κ1) is 12.9. The van der Waals surface area contributed by atoms with Crippen LogP contribution in [-0.2, 0) is 0 Å². The predicted molar refractivity (Wildman–Crippen MR) is 72.3 cm³/mol. The van der Waals surface area contributed by atoms with Gasteiger partial charge in [-0.2, -0.15) is 0 Å². The lowest BCUT2D eigenvalue weighted by molar-refractivity contribution is -0.147. The van der Waals surface area contributed by atoms with Gasteiger partial charge in [0, 0.05) is 16.3 Å². The Kier molecular flexibility index (Phi) is 3.50. The van der Waals surface area contributed by atoms with Crippen molar-refractivity contribution in [1.29, 1.82) is 0 Å². The van der Waals surface area contributed by atoms with Crippen LogP contribution in [0.3, 0.4) is 0 Å². The van der Waals surface area contributed by atoms with Crippen LogP contribution in [0.25, 0.3) is 0 Å². The van der Waals surface area contributed by atoms with Crippen molar-refractivity contribution >= 4 is 15.9 Å². The molecule has 1 aliphatic rings. The SMILES string of the molecule is CCC1(C)C(O)CC1Oc1ccc(Br)c(C)c1. The van der Waals surface area contributed by atoms with Crippen molar-refractivity contribution in [2.24, 2.45) is 5.41 Å². The highest BCUT2D eigenvalue weighted by Gasteiger charge is 2.51. The molecule has 0 aliphatic heterocycles. The summed E-state index contributed by atoms with van der Waals surface area (Å²) in [5, 5.41) is 9.83. The van der Waals surface area contributed by atoms with E-state index in [0.717, 1.165) is 23.1 Å². The number of halogens is 1. The normalized spacial score (nSPS) is 32.1. The Balaban J connectivity index is 2.09. The van der Waals surface area contributed by atoms with Crippen LogP contribution in [0.15, 0.2) is 22.7 Å². The van der Waals surface area contributed by atoms with Gasteiger partial charge < -0.3 is 9.84 Å². The van der Waals surface area contributed by atoms with E-state index in [2.05, 4.69) is 29.8 Å². The van der Waals surface area contributed by atoms with Gasteiger partial charge in [-0.25, -0.2) is 0 Å². The van der Waals surface area contributed by atoms with Gasteiger partial charge in [0.25, 0.3) is 0 Å². The molecule has 2 nitrogen and oxygen atoms in total. The fraction of sp³-hybridized carbons (Fsp3) is 0.571. The minimum atomic E-state index is -0.228. The van der Waals surface area contributed by atoms with Gasteiger partial charge in [0.05, 0.1) is 6.10 Å². The second-order valence-electron chi connectivity index (χ2n) is 5.13. The summed E-state index contributed by atoms with van der Waals surface area (Å²) in [4.78, 5) is 0. The van der Waals surface area contributed by atoms with Crippen molar-refractivity contribution in [1.82, 2.24) is 0 Å². The highest BCUT2D eigenvalue weighted by atomic mass is 79.9. The molecule has 2 rings (SSSR count). The molecule has 17 heavy (non-hydrogen) atoms. The lowest BCUT2D eigenvalue weighted by atomic mass is 9.63. The molecule has 0 saturated heterocycles. The van der Waals surface area contributed by atoms with Crippen LogP contribution < -0.4 is 4.74 Å². The molecule has 3 heteroatoms. The van der Waals surface area contributed by atoms with E-state index in [-0.39, 0.29) is 17.6 Å². The van der Waals surface area contributed by atoms with Gasteiger partial charge in [0.1, 0.15) is 11.9 Å². The smallest absolute Gasteiger partial charge is 0.120 e. The van der Waals surface area contributed by atoms with Gasteiger partial charge in [0.2, 0.25) is 0 Å². The molecule has 3 unspecified atom stereocenters. The van der Waals surface area contributed by atoms with E-state index in [0.29, 0.717) is 0 Å². The molecule has 0 spiro atoms. The van der Waals surface area contributed by atoms with Crippen LogP contribution in [0.2, 0.25) is 0 Å². The summed E-state index contributed by atoms with van der Waals surface area (Å²) < 4.78 is 7.08. The van der Waals surface area contributed by atoms with Gasteiger partial charge in [0.15, 0.2) is 0 Å². The molecule has 0 amide bonds. The summed E-state index contributed by atoms with van der Waals surface area (Å²) in [6.07, 6.45) is 1.57. The van der Waals surface area contributed by atoms with Gasteiger partial charge >= 0.3 is 0 Å². The monoisotopic (exact) mass is 298 g/mol. The van der Waals surface area contributed by atoms with E-state index < -0.39 is 0 Å². The van der Waals surface area contributed by atoms with Gasteiger partial charge in [-0.3, -0.25) is 0 Å².